The first-order valence-corrected chi connectivity index (χ1v) is 8.83. The van der Waals surface area contributed by atoms with Gasteiger partial charge >= 0.3 is 0 Å². The first-order valence-electron chi connectivity index (χ1n) is 7.39. The van der Waals surface area contributed by atoms with Crippen molar-refractivity contribution in [2.45, 2.75) is 37.5 Å². The molecule has 21 heavy (non-hydrogen) atoms. The molecule has 4 heteroatoms. The maximum Gasteiger partial charge on any atom is 0.243 e. The van der Waals surface area contributed by atoms with Gasteiger partial charge in [-0.3, -0.25) is 0 Å². The Balaban J connectivity index is 1.95. The number of aryl methyl sites for hydroxylation is 1. The van der Waals surface area contributed by atoms with Crippen molar-refractivity contribution in [3.63, 3.8) is 0 Å². The molecule has 1 aromatic rings. The second kappa shape index (κ2) is 7.05. The molecule has 0 saturated heterocycles. The first-order chi connectivity index (χ1) is 10.0. The van der Waals surface area contributed by atoms with Gasteiger partial charge in [0.05, 0.1) is 4.90 Å². The number of allylic oxidation sites excluding steroid dienone is 1. The van der Waals surface area contributed by atoms with E-state index in [9.17, 15) is 8.42 Å². The third-order valence-corrected chi connectivity index (χ3v) is 5.60. The molecule has 0 fully saturated rings. The van der Waals surface area contributed by atoms with Crippen molar-refractivity contribution in [2.24, 2.45) is 0 Å². The molecule has 0 saturated carbocycles. The molecule has 0 radical (unpaired) electrons. The molecule has 0 atom stereocenters. The maximum atomic E-state index is 12.5. The second-order valence-electron chi connectivity index (χ2n) is 5.51. The smallest absolute Gasteiger partial charge is 0.207 e. The zero-order valence-corrected chi connectivity index (χ0v) is 13.4. The van der Waals surface area contributed by atoms with Crippen molar-refractivity contribution in [2.75, 3.05) is 13.1 Å². The Hall–Kier alpha value is -1.39. The van der Waals surface area contributed by atoms with E-state index in [-0.39, 0.29) is 0 Å². The highest BCUT2D eigenvalue weighted by Gasteiger charge is 2.27. The summed E-state index contributed by atoms with van der Waals surface area (Å²) >= 11 is 0. The van der Waals surface area contributed by atoms with Crippen LogP contribution in [0.4, 0.5) is 0 Å². The predicted octanol–water partition coefficient (Wildman–Crippen LogP) is 3.67. The lowest BCUT2D eigenvalue weighted by molar-refractivity contribution is 0.481. The van der Waals surface area contributed by atoms with Gasteiger partial charge in [0.25, 0.3) is 0 Å². The van der Waals surface area contributed by atoms with Gasteiger partial charge in [0, 0.05) is 13.1 Å². The Morgan fingerprint density at radius 3 is 2.62 bits per heavy atom. The fraction of sp³-hybridized carbons (Fsp3) is 0.412. The number of hydrogen-bond donors (Lipinski definition) is 0. The van der Waals surface area contributed by atoms with Gasteiger partial charge in [0.2, 0.25) is 10.0 Å². The molecule has 0 aromatic heterocycles. The van der Waals surface area contributed by atoms with Crippen LogP contribution in [0.1, 0.15) is 31.2 Å². The fourth-order valence-corrected chi connectivity index (χ4v) is 3.84. The molecule has 0 unspecified atom stereocenters. The molecule has 1 aromatic carbocycles. The lowest BCUT2D eigenvalue weighted by Gasteiger charge is -2.16. The largest absolute Gasteiger partial charge is 0.243 e. The standard InChI is InChI=1S/C17H23NO2S/c1-3-4-5-6-7-16-12-13-18(14-16)21(19,20)17-10-8-15(2)9-11-17/h3,8-12H,1,4-7,13-14H2,2H3. The lowest BCUT2D eigenvalue weighted by atomic mass is 10.1. The van der Waals surface area contributed by atoms with Gasteiger partial charge in [-0.05, 0) is 44.7 Å². The Morgan fingerprint density at radius 1 is 1.24 bits per heavy atom. The molecule has 0 N–H and O–H groups in total. The Kier molecular flexibility index (Phi) is 5.37. The summed E-state index contributed by atoms with van der Waals surface area (Å²) in [5, 5.41) is 0. The highest BCUT2D eigenvalue weighted by atomic mass is 32.2. The van der Waals surface area contributed by atoms with E-state index in [0.29, 0.717) is 18.0 Å². The van der Waals surface area contributed by atoms with Crippen LogP contribution in [0.5, 0.6) is 0 Å². The molecule has 0 aliphatic carbocycles. The Morgan fingerprint density at radius 2 is 1.95 bits per heavy atom. The number of sulfonamides is 1. The summed E-state index contributed by atoms with van der Waals surface area (Å²) in [6.07, 6.45) is 8.20. The van der Waals surface area contributed by atoms with Crippen LogP contribution in [-0.2, 0) is 10.0 Å². The monoisotopic (exact) mass is 305 g/mol. The van der Waals surface area contributed by atoms with Crippen LogP contribution in [0.3, 0.4) is 0 Å². The SMILES string of the molecule is C=CCCCCC1=CCN(S(=O)(=O)c2ccc(C)cc2)C1. The Bertz CT molecular complexity index is 615. The highest BCUT2D eigenvalue weighted by Crippen LogP contribution is 2.23. The van der Waals surface area contributed by atoms with E-state index in [4.69, 9.17) is 0 Å². The number of rotatable bonds is 7. The van der Waals surface area contributed by atoms with Crippen molar-refractivity contribution in [1.82, 2.24) is 4.31 Å². The third kappa shape index (κ3) is 4.05. The number of hydrogen-bond acceptors (Lipinski definition) is 2. The van der Waals surface area contributed by atoms with Crippen molar-refractivity contribution in [3.05, 3.63) is 54.1 Å². The summed E-state index contributed by atoms with van der Waals surface area (Å²) < 4.78 is 26.6. The molecule has 114 valence electrons. The normalized spacial score (nSPS) is 16.0. The Labute approximate surface area is 128 Å². The van der Waals surface area contributed by atoms with Crippen molar-refractivity contribution in [1.29, 1.82) is 0 Å². The van der Waals surface area contributed by atoms with E-state index < -0.39 is 10.0 Å². The van der Waals surface area contributed by atoms with Crippen molar-refractivity contribution < 1.29 is 8.42 Å². The van der Waals surface area contributed by atoms with Gasteiger partial charge < -0.3 is 0 Å². The van der Waals surface area contributed by atoms with Gasteiger partial charge in [-0.2, -0.15) is 4.31 Å². The van der Waals surface area contributed by atoms with E-state index in [1.807, 2.05) is 25.1 Å². The van der Waals surface area contributed by atoms with Crippen LogP contribution < -0.4 is 0 Å². The van der Waals surface area contributed by atoms with Gasteiger partial charge in [0.1, 0.15) is 0 Å². The summed E-state index contributed by atoms with van der Waals surface area (Å²) in [4.78, 5) is 0.384. The highest BCUT2D eigenvalue weighted by molar-refractivity contribution is 7.89. The summed E-state index contributed by atoms with van der Waals surface area (Å²) in [5.41, 5.74) is 2.30. The minimum atomic E-state index is -3.36. The van der Waals surface area contributed by atoms with Crippen LogP contribution in [-0.4, -0.2) is 25.8 Å². The first kappa shape index (κ1) is 16.0. The maximum absolute atomic E-state index is 12.5. The number of unbranched alkanes of at least 4 members (excludes halogenated alkanes) is 2. The van der Waals surface area contributed by atoms with Crippen LogP contribution in [0.2, 0.25) is 0 Å². The van der Waals surface area contributed by atoms with E-state index >= 15 is 0 Å². The number of nitrogens with zero attached hydrogens (tertiary/aromatic N) is 1. The second-order valence-corrected chi connectivity index (χ2v) is 7.45. The molecule has 1 aliphatic heterocycles. The van der Waals surface area contributed by atoms with Crippen LogP contribution in [0.15, 0.2) is 53.5 Å². The predicted molar refractivity (Wildman–Crippen MR) is 86.7 cm³/mol. The summed E-state index contributed by atoms with van der Waals surface area (Å²) in [6, 6.07) is 7.05. The zero-order chi connectivity index (χ0) is 15.3. The lowest BCUT2D eigenvalue weighted by Crippen LogP contribution is -2.29. The molecule has 3 nitrogen and oxygen atoms in total. The van der Waals surface area contributed by atoms with Crippen LogP contribution >= 0.6 is 0 Å². The summed E-state index contributed by atoms with van der Waals surface area (Å²) in [6.45, 7) is 6.69. The van der Waals surface area contributed by atoms with E-state index in [0.717, 1.165) is 31.2 Å². The third-order valence-electron chi connectivity index (χ3n) is 3.78. The average Bonchev–Trinajstić information content (AvgIpc) is 2.94. The molecule has 0 bridgehead atoms. The molecule has 1 aliphatic rings. The molecular weight excluding hydrogens is 282 g/mol. The minimum absolute atomic E-state index is 0.384. The van der Waals surface area contributed by atoms with Gasteiger partial charge in [-0.1, -0.05) is 35.4 Å². The van der Waals surface area contributed by atoms with Gasteiger partial charge in [-0.15, -0.1) is 6.58 Å². The van der Waals surface area contributed by atoms with Gasteiger partial charge in [0.15, 0.2) is 0 Å². The number of benzene rings is 1. The summed E-state index contributed by atoms with van der Waals surface area (Å²) in [7, 11) is -3.36. The molecule has 1 heterocycles. The fourth-order valence-electron chi connectivity index (χ4n) is 2.45. The summed E-state index contributed by atoms with van der Waals surface area (Å²) in [5.74, 6) is 0. The van der Waals surface area contributed by atoms with Gasteiger partial charge in [-0.25, -0.2) is 8.42 Å². The molecule has 2 rings (SSSR count). The van der Waals surface area contributed by atoms with Crippen molar-refractivity contribution in [3.8, 4) is 0 Å². The molecule has 0 amide bonds. The van der Waals surface area contributed by atoms with E-state index in [1.165, 1.54) is 5.57 Å². The van der Waals surface area contributed by atoms with Crippen LogP contribution in [0, 0.1) is 6.92 Å². The quantitative estimate of drug-likeness (QED) is 0.569. The zero-order valence-electron chi connectivity index (χ0n) is 12.6. The molecular formula is C17H23NO2S. The molecule has 0 spiro atoms. The topological polar surface area (TPSA) is 37.4 Å². The van der Waals surface area contributed by atoms with E-state index in [2.05, 4.69) is 12.7 Å². The van der Waals surface area contributed by atoms with E-state index in [1.54, 1.807) is 16.4 Å². The van der Waals surface area contributed by atoms with Crippen molar-refractivity contribution >= 4 is 10.0 Å². The minimum Gasteiger partial charge on any atom is -0.207 e. The van der Waals surface area contributed by atoms with Crippen LogP contribution in [0.25, 0.3) is 0 Å². The average molecular weight is 305 g/mol.